The Morgan fingerprint density at radius 2 is 0.882 bits per heavy atom. The normalized spacial score (nSPS) is 11.9. The maximum atomic E-state index is 4.81. The summed E-state index contributed by atoms with van der Waals surface area (Å²) in [7, 11) is 0. The zero-order chi connectivity index (χ0) is 33.5. The first kappa shape index (κ1) is 28.7. The van der Waals surface area contributed by atoms with Crippen LogP contribution in [0.25, 0.3) is 83.9 Å². The number of anilines is 3. The summed E-state index contributed by atoms with van der Waals surface area (Å²) in [6.45, 7) is 0. The summed E-state index contributed by atoms with van der Waals surface area (Å²) in [6, 6.07) is 59.9. The topological polar surface area (TPSA) is 16.1 Å². The number of aromatic nitrogens is 1. The van der Waals surface area contributed by atoms with Gasteiger partial charge in [0.2, 0.25) is 0 Å². The minimum atomic E-state index is 0.975. The Bertz CT molecular complexity index is 3000. The molecule has 8 aromatic carbocycles. The highest BCUT2D eigenvalue weighted by Crippen LogP contribution is 2.44. The van der Waals surface area contributed by atoms with Crippen LogP contribution < -0.4 is 4.90 Å². The summed E-state index contributed by atoms with van der Waals surface area (Å²) in [5.41, 5.74) is 5.43. The van der Waals surface area contributed by atoms with Gasteiger partial charge in [0.1, 0.15) is 0 Å². The Morgan fingerprint density at radius 3 is 1.49 bits per heavy atom. The van der Waals surface area contributed by atoms with Crippen molar-refractivity contribution in [3.05, 3.63) is 170 Å². The molecule has 3 aromatic heterocycles. The number of nitrogens with zero attached hydrogens (tertiary/aromatic N) is 2. The van der Waals surface area contributed by atoms with Gasteiger partial charge in [-0.2, -0.15) is 0 Å². The Hall–Kier alpha value is -6.07. The lowest BCUT2D eigenvalue weighted by atomic mass is 10.0. The van der Waals surface area contributed by atoms with Gasteiger partial charge in [-0.25, -0.2) is 0 Å². The van der Waals surface area contributed by atoms with Gasteiger partial charge in [-0.3, -0.25) is 4.98 Å². The molecule has 0 radical (unpaired) electrons. The van der Waals surface area contributed by atoms with Crippen LogP contribution in [0.1, 0.15) is 0 Å². The molecule has 4 heteroatoms. The van der Waals surface area contributed by atoms with E-state index in [9.17, 15) is 0 Å². The Balaban J connectivity index is 1.07. The molecular weight excluding hydrogens is 657 g/mol. The number of thiophene rings is 2. The number of hydrogen-bond donors (Lipinski definition) is 0. The summed E-state index contributed by atoms with van der Waals surface area (Å²) >= 11 is 3.77. The lowest BCUT2D eigenvalue weighted by molar-refractivity contribution is 1.29. The summed E-state index contributed by atoms with van der Waals surface area (Å²) in [5.74, 6) is 0. The van der Waals surface area contributed by atoms with E-state index in [4.69, 9.17) is 4.98 Å². The molecule has 0 fully saturated rings. The SMILES string of the molecule is c1ccc2cc(-c3ccc(N(c4ccc5c(ccc6c7ccccc7sc56)c4)c4ccc5c(ccc6c7ccccc7sc56)c4)cc3)ncc2c1. The molecule has 0 atom stereocenters. The van der Waals surface area contributed by atoms with Crippen molar-refractivity contribution in [2.75, 3.05) is 4.90 Å². The van der Waals surface area contributed by atoms with Gasteiger partial charge in [-0.15, -0.1) is 22.7 Å². The standard InChI is InChI=1S/C47H28N2S2/c1-2-8-33-28-48-43(27-30(33)7-1)29-13-17-34(18-14-29)49(35-19-23-37-31(25-35)15-21-41-39-9-3-5-11-44(39)50-46(37)41)36-20-24-38-32(26-36)16-22-42-40-10-4-6-12-45(40)51-47(38)42/h1-28H. The van der Waals surface area contributed by atoms with Crippen LogP contribution in [0.5, 0.6) is 0 Å². The van der Waals surface area contributed by atoms with Crippen molar-refractivity contribution in [2.24, 2.45) is 0 Å². The van der Waals surface area contributed by atoms with Gasteiger partial charge < -0.3 is 4.90 Å². The molecule has 0 N–H and O–H groups in total. The van der Waals surface area contributed by atoms with Crippen molar-refractivity contribution >= 4 is 112 Å². The van der Waals surface area contributed by atoms with E-state index < -0.39 is 0 Å². The lowest BCUT2D eigenvalue weighted by Gasteiger charge is -2.26. The monoisotopic (exact) mass is 684 g/mol. The highest BCUT2D eigenvalue weighted by Gasteiger charge is 2.17. The van der Waals surface area contributed by atoms with E-state index in [1.54, 1.807) is 0 Å². The van der Waals surface area contributed by atoms with Crippen LogP contribution in [0.4, 0.5) is 17.1 Å². The van der Waals surface area contributed by atoms with Crippen molar-refractivity contribution in [2.45, 2.75) is 0 Å². The predicted octanol–water partition coefficient (Wildman–Crippen LogP) is 14.4. The van der Waals surface area contributed by atoms with E-state index in [0.717, 1.165) is 33.7 Å². The van der Waals surface area contributed by atoms with Crippen LogP contribution in [-0.4, -0.2) is 4.98 Å². The van der Waals surface area contributed by atoms with Gasteiger partial charge in [0.05, 0.1) is 5.69 Å². The Labute approximate surface area is 302 Å². The largest absolute Gasteiger partial charge is 0.310 e. The van der Waals surface area contributed by atoms with Crippen LogP contribution in [0.3, 0.4) is 0 Å². The fourth-order valence-corrected chi connectivity index (χ4v) is 10.2. The fraction of sp³-hybridized carbons (Fsp3) is 0. The summed E-state index contributed by atoms with van der Waals surface area (Å²) in [4.78, 5) is 7.20. The van der Waals surface area contributed by atoms with Crippen molar-refractivity contribution in [1.82, 2.24) is 4.98 Å². The third-order valence-electron chi connectivity index (χ3n) is 10.3. The zero-order valence-electron chi connectivity index (χ0n) is 27.4. The molecule has 0 spiro atoms. The number of rotatable bonds is 4. The molecule has 0 saturated heterocycles. The average Bonchev–Trinajstić information content (AvgIpc) is 3.77. The first-order chi connectivity index (χ1) is 25.2. The molecule has 238 valence electrons. The van der Waals surface area contributed by atoms with E-state index in [-0.39, 0.29) is 0 Å². The summed E-state index contributed by atoms with van der Waals surface area (Å²) < 4.78 is 5.35. The van der Waals surface area contributed by atoms with Crippen LogP contribution in [0, 0.1) is 0 Å². The van der Waals surface area contributed by atoms with Gasteiger partial charge in [0, 0.05) is 74.6 Å². The van der Waals surface area contributed by atoms with Crippen molar-refractivity contribution < 1.29 is 0 Å². The first-order valence-corrected chi connectivity index (χ1v) is 18.8. The van der Waals surface area contributed by atoms with Gasteiger partial charge >= 0.3 is 0 Å². The summed E-state index contributed by atoms with van der Waals surface area (Å²) in [5, 5.41) is 12.7. The van der Waals surface area contributed by atoms with E-state index >= 15 is 0 Å². The Kier molecular flexibility index (Phi) is 6.32. The molecule has 0 bridgehead atoms. The smallest absolute Gasteiger partial charge is 0.0708 e. The van der Waals surface area contributed by atoms with E-state index in [1.165, 1.54) is 67.3 Å². The van der Waals surface area contributed by atoms with Gasteiger partial charge in [0.15, 0.2) is 0 Å². The number of fused-ring (bicyclic) bond motifs is 11. The van der Waals surface area contributed by atoms with Crippen LogP contribution in [0.15, 0.2) is 170 Å². The Morgan fingerprint density at radius 1 is 0.373 bits per heavy atom. The van der Waals surface area contributed by atoms with Crippen LogP contribution in [0.2, 0.25) is 0 Å². The lowest BCUT2D eigenvalue weighted by Crippen LogP contribution is -2.10. The molecule has 51 heavy (non-hydrogen) atoms. The molecule has 3 heterocycles. The second-order valence-corrected chi connectivity index (χ2v) is 15.3. The highest BCUT2D eigenvalue weighted by molar-refractivity contribution is 7.27. The van der Waals surface area contributed by atoms with Crippen LogP contribution >= 0.6 is 22.7 Å². The number of hydrogen-bond acceptors (Lipinski definition) is 4. The molecule has 0 amide bonds. The average molecular weight is 685 g/mol. The molecule has 0 saturated carbocycles. The highest BCUT2D eigenvalue weighted by atomic mass is 32.1. The first-order valence-electron chi connectivity index (χ1n) is 17.2. The fourth-order valence-electron chi connectivity index (χ4n) is 7.75. The second kappa shape index (κ2) is 11.2. The number of pyridine rings is 1. The molecule has 0 aliphatic heterocycles. The third kappa shape index (κ3) is 4.58. The summed E-state index contributed by atoms with van der Waals surface area (Å²) in [6.07, 6.45) is 1.97. The van der Waals surface area contributed by atoms with Gasteiger partial charge in [0.25, 0.3) is 0 Å². The maximum Gasteiger partial charge on any atom is 0.0708 e. The van der Waals surface area contributed by atoms with Crippen LogP contribution in [-0.2, 0) is 0 Å². The van der Waals surface area contributed by atoms with E-state index in [1.807, 2.05) is 28.9 Å². The molecule has 0 aliphatic carbocycles. The van der Waals surface area contributed by atoms with E-state index in [2.05, 4.69) is 169 Å². The van der Waals surface area contributed by atoms with Crippen molar-refractivity contribution in [3.8, 4) is 11.3 Å². The minimum absolute atomic E-state index is 0.975. The number of benzene rings is 8. The minimum Gasteiger partial charge on any atom is -0.310 e. The van der Waals surface area contributed by atoms with Gasteiger partial charge in [-0.1, -0.05) is 109 Å². The predicted molar refractivity (Wildman–Crippen MR) is 223 cm³/mol. The zero-order valence-corrected chi connectivity index (χ0v) is 29.0. The molecule has 11 aromatic rings. The molecular formula is C47H28N2S2. The van der Waals surface area contributed by atoms with Gasteiger partial charge in [-0.05, 0) is 81.5 Å². The van der Waals surface area contributed by atoms with Crippen molar-refractivity contribution in [3.63, 3.8) is 0 Å². The quantitative estimate of drug-likeness (QED) is 0.183. The molecule has 11 rings (SSSR count). The third-order valence-corrected chi connectivity index (χ3v) is 12.7. The molecule has 2 nitrogen and oxygen atoms in total. The molecule has 0 aliphatic rings. The van der Waals surface area contributed by atoms with E-state index in [0.29, 0.717) is 0 Å². The maximum absolute atomic E-state index is 4.81. The second-order valence-electron chi connectivity index (χ2n) is 13.2. The molecule has 0 unspecified atom stereocenters. The van der Waals surface area contributed by atoms with Crippen molar-refractivity contribution in [1.29, 1.82) is 0 Å².